The molecule has 0 N–H and O–H groups in total. The number of hydrogen-bond acceptors (Lipinski definition) is 1. The fourth-order valence-electron chi connectivity index (χ4n) is 10.4. The van der Waals surface area contributed by atoms with Crippen molar-refractivity contribution in [3.05, 3.63) is 12.2 Å². The summed E-state index contributed by atoms with van der Waals surface area (Å²) in [6, 6.07) is 0. The van der Waals surface area contributed by atoms with Crippen LogP contribution in [0.4, 0.5) is 0 Å². The minimum absolute atomic E-state index is 0.000746. The highest BCUT2D eigenvalue weighted by Crippen LogP contribution is 2.77. The van der Waals surface area contributed by atoms with Gasteiger partial charge in [-0.1, -0.05) is 6.58 Å². The Labute approximate surface area is 153 Å². The average molecular weight is 339 g/mol. The van der Waals surface area contributed by atoms with Gasteiger partial charge < -0.3 is 0 Å². The Balaban J connectivity index is 1.43. The van der Waals surface area contributed by atoms with Crippen LogP contribution in [0.3, 0.4) is 0 Å². The van der Waals surface area contributed by atoms with Crippen LogP contribution in [0.5, 0.6) is 0 Å². The third kappa shape index (κ3) is 1.89. The highest BCUT2D eigenvalue weighted by molar-refractivity contribution is 5.99. The van der Waals surface area contributed by atoms with Crippen molar-refractivity contribution < 1.29 is 4.79 Å². The predicted octanol–water partition coefficient (Wildman–Crippen LogP) is 5.93. The molecule has 2 atom stereocenters. The third-order valence-electron chi connectivity index (χ3n) is 10.1. The van der Waals surface area contributed by atoms with Gasteiger partial charge in [0.25, 0.3) is 0 Å². The molecule has 8 fully saturated rings. The Morgan fingerprint density at radius 3 is 1.64 bits per heavy atom. The maximum absolute atomic E-state index is 13.3. The van der Waals surface area contributed by atoms with Crippen LogP contribution in [0, 0.1) is 45.8 Å². The van der Waals surface area contributed by atoms with Gasteiger partial charge in [-0.15, -0.1) is 0 Å². The third-order valence-corrected chi connectivity index (χ3v) is 10.1. The number of ketones is 1. The monoisotopic (exact) mass is 338 g/mol. The summed E-state index contributed by atoms with van der Waals surface area (Å²) in [5, 5.41) is 0. The molecule has 2 unspecified atom stereocenters. The van der Waals surface area contributed by atoms with Crippen molar-refractivity contribution in [3.63, 3.8) is 0 Å². The zero-order chi connectivity index (χ0) is 17.0. The first-order valence-corrected chi connectivity index (χ1v) is 11.1. The highest BCUT2D eigenvalue weighted by atomic mass is 16.1. The fraction of sp³-hybridized carbons (Fsp3) is 0.875. The number of carbonyl (C=O) groups excluding carboxylic acids is 1. The quantitative estimate of drug-likeness (QED) is 0.582. The minimum Gasteiger partial charge on any atom is -0.294 e. The summed E-state index contributed by atoms with van der Waals surface area (Å²) >= 11 is 0. The molecule has 0 aromatic heterocycles. The predicted molar refractivity (Wildman–Crippen MR) is 100.0 cm³/mol. The number of allylic oxidation sites excluding steroid dienone is 1. The molecule has 0 aromatic carbocycles. The van der Waals surface area contributed by atoms with Crippen LogP contribution in [0.25, 0.3) is 0 Å². The van der Waals surface area contributed by atoms with Crippen LogP contribution in [-0.2, 0) is 4.79 Å². The maximum atomic E-state index is 13.3. The van der Waals surface area contributed by atoms with E-state index in [0.717, 1.165) is 35.2 Å². The van der Waals surface area contributed by atoms with Crippen molar-refractivity contribution >= 4 is 5.78 Å². The molecule has 8 bridgehead atoms. The second kappa shape index (κ2) is 4.63. The van der Waals surface area contributed by atoms with Crippen molar-refractivity contribution in [2.75, 3.05) is 0 Å². The summed E-state index contributed by atoms with van der Waals surface area (Å²) in [5.74, 6) is 5.25. The molecule has 0 spiro atoms. The lowest BCUT2D eigenvalue weighted by molar-refractivity contribution is -0.218. The van der Waals surface area contributed by atoms with Crippen LogP contribution in [0.1, 0.15) is 84.0 Å². The summed E-state index contributed by atoms with van der Waals surface area (Å²) in [7, 11) is 0. The molecule has 0 radical (unpaired) electrons. The molecule has 25 heavy (non-hydrogen) atoms. The van der Waals surface area contributed by atoms with Gasteiger partial charge in [-0.25, -0.2) is 0 Å². The van der Waals surface area contributed by atoms with Crippen molar-refractivity contribution in [3.8, 4) is 0 Å². The molecule has 8 aliphatic rings. The van der Waals surface area contributed by atoms with Gasteiger partial charge in [0, 0.05) is 5.41 Å². The second-order valence-corrected chi connectivity index (χ2v) is 11.8. The fourth-order valence-corrected chi connectivity index (χ4v) is 10.4. The average Bonchev–Trinajstić information content (AvgIpc) is 2.51. The van der Waals surface area contributed by atoms with E-state index in [-0.39, 0.29) is 5.41 Å². The van der Waals surface area contributed by atoms with Gasteiger partial charge in [-0.3, -0.25) is 4.79 Å². The molecule has 8 rings (SSSR count). The Morgan fingerprint density at radius 1 is 0.720 bits per heavy atom. The zero-order valence-electron chi connectivity index (χ0n) is 16.0. The number of rotatable bonds is 3. The summed E-state index contributed by atoms with van der Waals surface area (Å²) in [6.07, 6.45) is 17.2. The Kier molecular flexibility index (Phi) is 2.86. The largest absolute Gasteiger partial charge is 0.294 e. The van der Waals surface area contributed by atoms with Gasteiger partial charge in [0.1, 0.15) is 0 Å². The van der Waals surface area contributed by atoms with E-state index < -0.39 is 0 Å². The molecule has 1 nitrogen and oxygen atoms in total. The standard InChI is InChI=1S/C24H34O/c1-15(2)21(25)22-7-19-6-20(8-22)13-24(12-19,14-22)23-9-16-3-17(10-23)5-18(4-16)11-23/h16-20H,1,3-14H2,2H3. The normalized spacial score (nSPS) is 57.9. The van der Waals surface area contributed by atoms with Crippen molar-refractivity contribution in [1.82, 2.24) is 0 Å². The van der Waals surface area contributed by atoms with Crippen LogP contribution in [0.2, 0.25) is 0 Å². The van der Waals surface area contributed by atoms with Gasteiger partial charge in [-0.05, 0) is 130 Å². The van der Waals surface area contributed by atoms with E-state index in [2.05, 4.69) is 6.58 Å². The Morgan fingerprint density at radius 2 is 1.16 bits per heavy atom. The lowest BCUT2D eigenvalue weighted by Crippen LogP contribution is -2.64. The molecule has 0 amide bonds. The zero-order valence-corrected chi connectivity index (χ0v) is 16.0. The second-order valence-electron chi connectivity index (χ2n) is 11.8. The number of Topliss-reactive ketones (excluding diaryl/α,β-unsaturated/α-hetero) is 1. The van der Waals surface area contributed by atoms with E-state index in [1.54, 1.807) is 0 Å². The molecule has 0 aromatic rings. The van der Waals surface area contributed by atoms with Crippen LogP contribution in [0.15, 0.2) is 12.2 Å². The lowest BCUT2D eigenvalue weighted by Gasteiger charge is -2.72. The number of hydrogen-bond donors (Lipinski definition) is 0. The minimum atomic E-state index is -0.000746. The van der Waals surface area contributed by atoms with Crippen LogP contribution in [-0.4, -0.2) is 5.78 Å². The van der Waals surface area contributed by atoms with Crippen molar-refractivity contribution in [2.24, 2.45) is 45.8 Å². The SMILES string of the molecule is C=C(C)C(=O)C12CC3CC(C1)CC(C14CC5CC(CC(C5)C1)C4)(C3)C2. The van der Waals surface area contributed by atoms with Crippen molar-refractivity contribution in [2.45, 2.75) is 84.0 Å². The van der Waals surface area contributed by atoms with E-state index in [4.69, 9.17) is 0 Å². The van der Waals surface area contributed by atoms with E-state index in [0.29, 0.717) is 16.6 Å². The van der Waals surface area contributed by atoms with Gasteiger partial charge >= 0.3 is 0 Å². The Bertz CT molecular complexity index is 606. The Hall–Kier alpha value is -0.590. The molecular formula is C24H34O. The molecule has 0 heterocycles. The van der Waals surface area contributed by atoms with Crippen molar-refractivity contribution in [1.29, 1.82) is 0 Å². The van der Waals surface area contributed by atoms with Crippen LogP contribution < -0.4 is 0 Å². The van der Waals surface area contributed by atoms with Gasteiger partial charge in [0.2, 0.25) is 0 Å². The molecule has 0 aliphatic heterocycles. The topological polar surface area (TPSA) is 17.1 Å². The molecule has 8 aliphatic carbocycles. The smallest absolute Gasteiger partial charge is 0.164 e. The van der Waals surface area contributed by atoms with Crippen LogP contribution >= 0.6 is 0 Å². The summed E-state index contributed by atoms with van der Waals surface area (Å²) in [6.45, 7) is 6.05. The first kappa shape index (κ1) is 15.5. The maximum Gasteiger partial charge on any atom is 0.164 e. The van der Waals surface area contributed by atoms with E-state index in [1.807, 2.05) is 6.92 Å². The lowest BCUT2D eigenvalue weighted by atomic mass is 9.32. The molecule has 1 heteroatoms. The summed E-state index contributed by atoms with van der Waals surface area (Å²) < 4.78 is 0. The molecule has 0 saturated heterocycles. The highest BCUT2D eigenvalue weighted by Gasteiger charge is 2.68. The van der Waals surface area contributed by atoms with Gasteiger partial charge in [0.15, 0.2) is 5.78 Å². The summed E-state index contributed by atoms with van der Waals surface area (Å²) in [5.41, 5.74) is 1.99. The van der Waals surface area contributed by atoms with E-state index >= 15 is 0 Å². The van der Waals surface area contributed by atoms with Gasteiger partial charge in [-0.2, -0.15) is 0 Å². The summed E-state index contributed by atoms with van der Waals surface area (Å²) in [4.78, 5) is 13.3. The molecular weight excluding hydrogens is 304 g/mol. The molecule has 8 saturated carbocycles. The first-order chi connectivity index (χ1) is 11.9. The van der Waals surface area contributed by atoms with E-state index in [9.17, 15) is 4.79 Å². The molecule has 136 valence electrons. The van der Waals surface area contributed by atoms with E-state index in [1.165, 1.54) is 77.0 Å². The van der Waals surface area contributed by atoms with Gasteiger partial charge in [0.05, 0.1) is 0 Å². The first-order valence-electron chi connectivity index (χ1n) is 11.1. The number of carbonyl (C=O) groups is 1.